The predicted molar refractivity (Wildman–Crippen MR) is 34.7 cm³/mol. The Morgan fingerprint density at radius 3 is 2.50 bits per heavy atom. The van der Waals surface area contributed by atoms with E-state index >= 15 is 0 Å². The predicted octanol–water partition coefficient (Wildman–Crippen LogP) is -0.129. The van der Waals surface area contributed by atoms with E-state index in [1.165, 1.54) is 0 Å². The highest BCUT2D eigenvalue weighted by Crippen LogP contribution is 1.73. The van der Waals surface area contributed by atoms with Crippen molar-refractivity contribution in [1.29, 1.82) is 0 Å². The van der Waals surface area contributed by atoms with Gasteiger partial charge >= 0.3 is 0 Å². The fraction of sp³-hybridized carbons (Fsp3) is 0.600. The molecule has 3 nitrogen and oxygen atoms in total. The monoisotopic (exact) mass is 115 g/mol. The zero-order valence-corrected chi connectivity index (χ0v) is 5.39. The van der Waals surface area contributed by atoms with Crippen LogP contribution in [0.5, 0.6) is 0 Å². The summed E-state index contributed by atoms with van der Waals surface area (Å²) in [4.78, 5) is 0. The van der Waals surface area contributed by atoms with Crippen molar-refractivity contribution in [1.82, 2.24) is 10.4 Å². The van der Waals surface area contributed by atoms with Crippen LogP contribution in [-0.4, -0.2) is 18.2 Å². The number of nitrogens with one attached hydrogen (secondary N) is 1. The van der Waals surface area contributed by atoms with Gasteiger partial charge in [0.1, 0.15) is 0 Å². The third-order valence-electron chi connectivity index (χ3n) is 0.681. The Morgan fingerprint density at radius 2 is 2.38 bits per heavy atom. The first-order valence-corrected chi connectivity index (χ1v) is 2.54. The van der Waals surface area contributed by atoms with Gasteiger partial charge in [-0.25, -0.2) is 5.43 Å². The molecule has 0 aromatic heterocycles. The summed E-state index contributed by atoms with van der Waals surface area (Å²) in [7, 11) is 1.84. The Morgan fingerprint density at radius 1 is 1.88 bits per heavy atom. The molecule has 0 radical (unpaired) electrons. The normalized spacial score (nSPS) is 12.9. The molecular weight excluding hydrogens is 102 g/mol. The summed E-state index contributed by atoms with van der Waals surface area (Å²) in [5, 5.41) is 1.71. The molecule has 0 spiro atoms. The summed E-state index contributed by atoms with van der Waals surface area (Å²) in [5.41, 5.74) is 8.25. The van der Waals surface area contributed by atoms with Crippen molar-refractivity contribution in [3.63, 3.8) is 0 Å². The summed E-state index contributed by atoms with van der Waals surface area (Å²) >= 11 is 0. The van der Waals surface area contributed by atoms with Gasteiger partial charge in [0, 0.05) is 13.2 Å². The largest absolute Gasteiger partial charge is 0.318 e. The molecule has 0 amide bonds. The lowest BCUT2D eigenvalue weighted by Crippen LogP contribution is -2.42. The topological polar surface area (TPSA) is 41.3 Å². The fourth-order valence-electron chi connectivity index (χ4n) is 0.374. The highest BCUT2D eigenvalue weighted by Gasteiger charge is 1.90. The zero-order valence-electron chi connectivity index (χ0n) is 5.39. The Labute approximate surface area is 50.1 Å². The third kappa shape index (κ3) is 3.64. The molecule has 0 saturated heterocycles. The summed E-state index contributed by atoms with van der Waals surface area (Å²) < 4.78 is 0. The number of nitrogens with zero attached hydrogens (tertiary/aromatic N) is 1. The van der Waals surface area contributed by atoms with Gasteiger partial charge in [0.15, 0.2) is 0 Å². The van der Waals surface area contributed by atoms with Crippen LogP contribution in [0.4, 0.5) is 0 Å². The van der Waals surface area contributed by atoms with Gasteiger partial charge in [0.2, 0.25) is 0 Å². The van der Waals surface area contributed by atoms with Crippen LogP contribution in [0.2, 0.25) is 0 Å². The van der Waals surface area contributed by atoms with E-state index in [1.54, 1.807) is 11.2 Å². The Balaban J connectivity index is 3.23. The summed E-state index contributed by atoms with van der Waals surface area (Å²) in [6.45, 7) is 5.38. The van der Waals surface area contributed by atoms with Crippen LogP contribution >= 0.6 is 0 Å². The van der Waals surface area contributed by atoms with Gasteiger partial charge in [-0.3, -0.25) is 0 Å². The SMILES string of the molecule is C=CN(C)NC(C)N. The molecule has 0 aliphatic rings. The average Bonchev–Trinajstić information content (AvgIpc) is 1.65. The van der Waals surface area contributed by atoms with Crippen LogP contribution < -0.4 is 11.2 Å². The van der Waals surface area contributed by atoms with Crippen molar-refractivity contribution in [3.05, 3.63) is 12.8 Å². The molecule has 3 heteroatoms. The van der Waals surface area contributed by atoms with Gasteiger partial charge in [-0.1, -0.05) is 6.58 Å². The quantitative estimate of drug-likeness (QED) is 0.397. The maximum Gasteiger partial charge on any atom is 0.0698 e. The van der Waals surface area contributed by atoms with Crippen molar-refractivity contribution in [2.45, 2.75) is 13.1 Å². The number of hydrogen-bond acceptors (Lipinski definition) is 3. The summed E-state index contributed by atoms with van der Waals surface area (Å²) in [6, 6.07) is 0. The van der Waals surface area contributed by atoms with Crippen LogP contribution in [-0.2, 0) is 0 Å². The standard InChI is InChI=1S/C5H13N3/c1-4-8(3)7-5(2)6/h4-5,7H,1,6H2,2-3H3. The first-order chi connectivity index (χ1) is 3.66. The Bertz CT molecular complexity index is 70.1. The van der Waals surface area contributed by atoms with Gasteiger partial charge < -0.3 is 10.7 Å². The molecule has 0 saturated carbocycles. The van der Waals surface area contributed by atoms with Crippen molar-refractivity contribution in [3.8, 4) is 0 Å². The second-order valence-electron chi connectivity index (χ2n) is 1.71. The Hall–Kier alpha value is -0.540. The van der Waals surface area contributed by atoms with Gasteiger partial charge in [0.05, 0.1) is 6.17 Å². The van der Waals surface area contributed by atoms with E-state index in [4.69, 9.17) is 5.73 Å². The van der Waals surface area contributed by atoms with E-state index in [2.05, 4.69) is 12.0 Å². The number of hydrogen-bond donors (Lipinski definition) is 2. The number of nitrogens with two attached hydrogens (primary N) is 1. The molecule has 3 N–H and O–H groups in total. The molecule has 0 aromatic rings. The maximum atomic E-state index is 5.37. The summed E-state index contributed by atoms with van der Waals surface area (Å²) in [5.74, 6) is 0. The Kier molecular flexibility index (Phi) is 3.23. The molecule has 0 aliphatic heterocycles. The van der Waals surface area contributed by atoms with Crippen molar-refractivity contribution in [2.75, 3.05) is 7.05 Å². The minimum atomic E-state index is -0.0157. The van der Waals surface area contributed by atoms with Crippen molar-refractivity contribution >= 4 is 0 Å². The highest BCUT2D eigenvalue weighted by molar-refractivity contribution is 4.62. The van der Waals surface area contributed by atoms with E-state index in [1.807, 2.05) is 14.0 Å². The molecule has 0 aliphatic carbocycles. The van der Waals surface area contributed by atoms with Gasteiger partial charge in [-0.2, -0.15) is 0 Å². The highest BCUT2D eigenvalue weighted by atomic mass is 15.5. The minimum absolute atomic E-state index is 0.0157. The smallest absolute Gasteiger partial charge is 0.0698 e. The molecule has 1 atom stereocenters. The van der Waals surface area contributed by atoms with Crippen molar-refractivity contribution in [2.24, 2.45) is 5.73 Å². The minimum Gasteiger partial charge on any atom is -0.318 e. The van der Waals surface area contributed by atoms with E-state index in [0.717, 1.165) is 0 Å². The molecule has 8 heavy (non-hydrogen) atoms. The van der Waals surface area contributed by atoms with Gasteiger partial charge in [-0.15, -0.1) is 0 Å². The maximum absolute atomic E-state index is 5.37. The third-order valence-corrected chi connectivity index (χ3v) is 0.681. The zero-order chi connectivity index (χ0) is 6.57. The van der Waals surface area contributed by atoms with Crippen LogP contribution in [0.15, 0.2) is 12.8 Å². The average molecular weight is 115 g/mol. The first-order valence-electron chi connectivity index (χ1n) is 2.54. The van der Waals surface area contributed by atoms with Crippen LogP contribution in [0.3, 0.4) is 0 Å². The van der Waals surface area contributed by atoms with E-state index < -0.39 is 0 Å². The lowest BCUT2D eigenvalue weighted by atomic mass is 10.6. The molecule has 48 valence electrons. The second-order valence-corrected chi connectivity index (χ2v) is 1.71. The van der Waals surface area contributed by atoms with Gasteiger partial charge in [-0.05, 0) is 6.92 Å². The number of hydrazine groups is 1. The molecule has 0 rings (SSSR count). The molecule has 0 heterocycles. The van der Waals surface area contributed by atoms with Gasteiger partial charge in [0.25, 0.3) is 0 Å². The molecule has 0 aromatic carbocycles. The van der Waals surface area contributed by atoms with E-state index in [9.17, 15) is 0 Å². The molecular formula is C5H13N3. The number of rotatable bonds is 3. The van der Waals surface area contributed by atoms with Crippen LogP contribution in [0, 0.1) is 0 Å². The van der Waals surface area contributed by atoms with E-state index in [0.29, 0.717) is 0 Å². The molecule has 0 fully saturated rings. The van der Waals surface area contributed by atoms with Crippen LogP contribution in [0.1, 0.15) is 6.92 Å². The lowest BCUT2D eigenvalue weighted by Gasteiger charge is -2.17. The molecule has 1 unspecified atom stereocenters. The van der Waals surface area contributed by atoms with Crippen LogP contribution in [0.25, 0.3) is 0 Å². The molecule has 0 bridgehead atoms. The first kappa shape index (κ1) is 7.46. The fourth-order valence-corrected chi connectivity index (χ4v) is 0.374. The van der Waals surface area contributed by atoms with Crippen molar-refractivity contribution < 1.29 is 0 Å². The van der Waals surface area contributed by atoms with E-state index in [-0.39, 0.29) is 6.17 Å². The lowest BCUT2D eigenvalue weighted by molar-refractivity contribution is 0.287. The second kappa shape index (κ2) is 3.46. The summed E-state index contributed by atoms with van der Waals surface area (Å²) in [6.07, 6.45) is 1.64.